The molecular formula is C19H22ClN3O4S. The predicted octanol–water partition coefficient (Wildman–Crippen LogP) is 3.58. The molecule has 0 radical (unpaired) electrons. The zero-order chi connectivity index (χ0) is 20.1. The SMILES string of the molecule is O=[N+]([O-])c1ccc(CCN2CCCCC2NS(=O)(=O)c2ccc(Cl)cc2)cc1. The van der Waals surface area contributed by atoms with Gasteiger partial charge in [-0.25, -0.2) is 8.42 Å². The van der Waals surface area contributed by atoms with Crippen LogP contribution in [0.4, 0.5) is 5.69 Å². The molecule has 0 amide bonds. The molecule has 7 nitrogen and oxygen atoms in total. The molecule has 1 aliphatic rings. The van der Waals surface area contributed by atoms with Crippen LogP contribution in [0.2, 0.25) is 5.02 Å². The van der Waals surface area contributed by atoms with Gasteiger partial charge in [-0.2, -0.15) is 4.72 Å². The average Bonchev–Trinajstić information content (AvgIpc) is 2.68. The number of benzene rings is 2. The molecule has 9 heteroatoms. The van der Waals surface area contributed by atoms with Gasteiger partial charge in [-0.1, -0.05) is 23.7 Å². The molecule has 0 saturated carbocycles. The molecule has 1 saturated heterocycles. The molecule has 1 atom stereocenters. The Hall–Kier alpha value is -2.00. The van der Waals surface area contributed by atoms with E-state index >= 15 is 0 Å². The highest BCUT2D eigenvalue weighted by Crippen LogP contribution is 2.20. The summed E-state index contributed by atoms with van der Waals surface area (Å²) >= 11 is 5.84. The van der Waals surface area contributed by atoms with Crippen LogP contribution in [0.1, 0.15) is 24.8 Å². The fourth-order valence-electron chi connectivity index (χ4n) is 3.31. The zero-order valence-corrected chi connectivity index (χ0v) is 16.8. The highest BCUT2D eigenvalue weighted by atomic mass is 35.5. The normalized spacial score (nSPS) is 18.1. The van der Waals surface area contributed by atoms with E-state index in [9.17, 15) is 18.5 Å². The van der Waals surface area contributed by atoms with Gasteiger partial charge in [-0.3, -0.25) is 15.0 Å². The summed E-state index contributed by atoms with van der Waals surface area (Å²) < 4.78 is 28.2. The molecular weight excluding hydrogens is 402 g/mol. The lowest BCUT2D eigenvalue weighted by Crippen LogP contribution is -2.51. The topological polar surface area (TPSA) is 92.6 Å². The third-order valence-corrected chi connectivity index (χ3v) is 6.59. The molecule has 1 fully saturated rings. The molecule has 0 aromatic heterocycles. The van der Waals surface area contributed by atoms with Gasteiger partial charge in [0.05, 0.1) is 16.0 Å². The Morgan fingerprint density at radius 2 is 1.79 bits per heavy atom. The minimum absolute atomic E-state index is 0.0651. The fraction of sp³-hybridized carbons (Fsp3) is 0.368. The van der Waals surface area contributed by atoms with E-state index in [1.54, 1.807) is 24.3 Å². The maximum absolute atomic E-state index is 12.7. The summed E-state index contributed by atoms with van der Waals surface area (Å²) in [4.78, 5) is 12.6. The van der Waals surface area contributed by atoms with Gasteiger partial charge in [0, 0.05) is 23.7 Å². The number of likely N-dealkylation sites (tertiary alicyclic amines) is 1. The highest BCUT2D eigenvalue weighted by molar-refractivity contribution is 7.89. The first-order chi connectivity index (χ1) is 13.3. The number of rotatable bonds is 7. The monoisotopic (exact) mass is 423 g/mol. The van der Waals surface area contributed by atoms with Crippen molar-refractivity contribution in [1.29, 1.82) is 0 Å². The van der Waals surface area contributed by atoms with E-state index in [1.807, 2.05) is 0 Å². The standard InChI is InChI=1S/C19H22ClN3O4S/c20-16-6-10-18(11-7-16)28(26,27)21-19-3-1-2-13-22(19)14-12-15-4-8-17(9-5-15)23(24)25/h4-11,19,21H,1-3,12-14H2. The number of nitro groups is 1. The first-order valence-electron chi connectivity index (χ1n) is 9.10. The Morgan fingerprint density at radius 3 is 2.43 bits per heavy atom. The molecule has 2 aromatic rings. The second kappa shape index (κ2) is 9.00. The van der Waals surface area contributed by atoms with E-state index in [2.05, 4.69) is 9.62 Å². The van der Waals surface area contributed by atoms with Crippen molar-refractivity contribution in [2.24, 2.45) is 0 Å². The molecule has 1 N–H and O–H groups in total. The number of nitrogens with zero attached hydrogens (tertiary/aromatic N) is 2. The van der Waals surface area contributed by atoms with E-state index in [0.717, 1.165) is 31.4 Å². The first-order valence-corrected chi connectivity index (χ1v) is 11.0. The maximum atomic E-state index is 12.7. The number of sulfonamides is 1. The van der Waals surface area contributed by atoms with Crippen LogP contribution in [0.3, 0.4) is 0 Å². The minimum atomic E-state index is -3.63. The van der Waals surface area contributed by atoms with Gasteiger partial charge in [0.2, 0.25) is 10.0 Å². The van der Waals surface area contributed by atoms with E-state index in [4.69, 9.17) is 11.6 Å². The van der Waals surface area contributed by atoms with E-state index in [0.29, 0.717) is 18.0 Å². The summed E-state index contributed by atoms with van der Waals surface area (Å²) in [6.07, 6.45) is 3.14. The quantitative estimate of drug-likeness (QED) is 0.542. The lowest BCUT2D eigenvalue weighted by atomic mass is 10.1. The maximum Gasteiger partial charge on any atom is 0.269 e. The highest BCUT2D eigenvalue weighted by Gasteiger charge is 2.27. The third kappa shape index (κ3) is 5.29. The number of hydrogen-bond acceptors (Lipinski definition) is 5. The van der Waals surface area contributed by atoms with Crippen molar-refractivity contribution in [2.45, 2.75) is 36.7 Å². The van der Waals surface area contributed by atoms with Crippen LogP contribution < -0.4 is 4.72 Å². The second-order valence-corrected chi connectivity index (χ2v) is 8.95. The number of nitrogens with one attached hydrogen (secondary N) is 1. The molecule has 3 rings (SSSR count). The summed E-state index contributed by atoms with van der Waals surface area (Å²) in [5.74, 6) is 0. The Kier molecular flexibility index (Phi) is 6.66. The zero-order valence-electron chi connectivity index (χ0n) is 15.3. The molecule has 150 valence electrons. The van der Waals surface area contributed by atoms with Crippen LogP contribution in [0.15, 0.2) is 53.4 Å². The number of nitro benzene ring substituents is 1. The molecule has 0 spiro atoms. The summed E-state index contributed by atoms with van der Waals surface area (Å²) in [7, 11) is -3.63. The van der Waals surface area contributed by atoms with Crippen LogP contribution in [0.25, 0.3) is 0 Å². The van der Waals surface area contributed by atoms with Gasteiger partial charge < -0.3 is 0 Å². The van der Waals surface area contributed by atoms with Crippen molar-refractivity contribution < 1.29 is 13.3 Å². The lowest BCUT2D eigenvalue weighted by Gasteiger charge is -2.35. The lowest BCUT2D eigenvalue weighted by molar-refractivity contribution is -0.384. The Bertz CT molecular complexity index is 917. The number of piperidine rings is 1. The van der Waals surface area contributed by atoms with Crippen molar-refractivity contribution in [3.05, 3.63) is 69.2 Å². The molecule has 28 heavy (non-hydrogen) atoms. The van der Waals surface area contributed by atoms with E-state index in [-0.39, 0.29) is 16.7 Å². The molecule has 2 aromatic carbocycles. The molecule has 1 aliphatic heterocycles. The van der Waals surface area contributed by atoms with Crippen LogP contribution in [-0.4, -0.2) is 37.5 Å². The first kappa shape index (κ1) is 20.7. The summed E-state index contributed by atoms with van der Waals surface area (Å²) in [6, 6.07) is 12.6. The van der Waals surface area contributed by atoms with E-state index in [1.165, 1.54) is 24.3 Å². The van der Waals surface area contributed by atoms with Crippen molar-refractivity contribution >= 4 is 27.3 Å². The molecule has 0 aliphatic carbocycles. The van der Waals surface area contributed by atoms with Crippen LogP contribution in [0.5, 0.6) is 0 Å². The smallest absolute Gasteiger partial charge is 0.269 e. The molecule has 1 heterocycles. The fourth-order valence-corrected chi connectivity index (χ4v) is 4.69. The number of hydrogen-bond donors (Lipinski definition) is 1. The van der Waals surface area contributed by atoms with Crippen LogP contribution >= 0.6 is 11.6 Å². The summed E-state index contributed by atoms with van der Waals surface area (Å²) in [6.45, 7) is 1.48. The van der Waals surface area contributed by atoms with Crippen molar-refractivity contribution in [3.8, 4) is 0 Å². The van der Waals surface area contributed by atoms with Crippen molar-refractivity contribution in [3.63, 3.8) is 0 Å². The van der Waals surface area contributed by atoms with E-state index < -0.39 is 14.9 Å². The van der Waals surface area contributed by atoms with Gasteiger partial charge in [0.15, 0.2) is 0 Å². The van der Waals surface area contributed by atoms with Gasteiger partial charge >= 0.3 is 0 Å². The molecule has 1 unspecified atom stereocenters. The predicted molar refractivity (Wildman–Crippen MR) is 108 cm³/mol. The van der Waals surface area contributed by atoms with Gasteiger partial charge in [-0.05, 0) is 62.1 Å². The summed E-state index contributed by atoms with van der Waals surface area (Å²) in [5.41, 5.74) is 1.05. The summed E-state index contributed by atoms with van der Waals surface area (Å²) in [5, 5.41) is 11.2. The van der Waals surface area contributed by atoms with Crippen molar-refractivity contribution in [1.82, 2.24) is 9.62 Å². The van der Waals surface area contributed by atoms with Gasteiger partial charge in [-0.15, -0.1) is 0 Å². The van der Waals surface area contributed by atoms with Crippen molar-refractivity contribution in [2.75, 3.05) is 13.1 Å². The number of non-ortho nitro benzene ring substituents is 1. The van der Waals surface area contributed by atoms with Gasteiger partial charge in [0.1, 0.15) is 0 Å². The largest absolute Gasteiger partial charge is 0.287 e. The molecule has 0 bridgehead atoms. The Morgan fingerprint density at radius 1 is 1.11 bits per heavy atom. The van der Waals surface area contributed by atoms with Gasteiger partial charge in [0.25, 0.3) is 5.69 Å². The average molecular weight is 424 g/mol. The van der Waals surface area contributed by atoms with Crippen LogP contribution in [0, 0.1) is 10.1 Å². The third-order valence-electron chi connectivity index (χ3n) is 4.86. The second-order valence-electron chi connectivity index (χ2n) is 6.80. The minimum Gasteiger partial charge on any atom is -0.287 e. The Labute approximate surface area is 169 Å². The Balaban J connectivity index is 1.65. The number of halogens is 1. The van der Waals surface area contributed by atoms with Crippen LogP contribution in [-0.2, 0) is 16.4 Å².